The fourth-order valence-corrected chi connectivity index (χ4v) is 3.04. The predicted octanol–water partition coefficient (Wildman–Crippen LogP) is 4.05. The monoisotopic (exact) mass is 354 g/mol. The molecule has 0 atom stereocenters. The fourth-order valence-electron chi connectivity index (χ4n) is 1.83. The number of aromatic nitrogens is 4. The SMILES string of the molecule is CC(C)(C)c1nnc2sc(-c3ccc(F)c(Br)c3)nn12. The van der Waals surface area contributed by atoms with E-state index in [0.717, 1.165) is 21.4 Å². The highest BCUT2D eigenvalue weighted by Gasteiger charge is 2.23. The quantitative estimate of drug-likeness (QED) is 0.661. The van der Waals surface area contributed by atoms with Crippen LogP contribution in [0.25, 0.3) is 15.5 Å². The summed E-state index contributed by atoms with van der Waals surface area (Å²) in [6.07, 6.45) is 0. The van der Waals surface area contributed by atoms with Crippen LogP contribution in [0.2, 0.25) is 0 Å². The van der Waals surface area contributed by atoms with Gasteiger partial charge < -0.3 is 0 Å². The summed E-state index contributed by atoms with van der Waals surface area (Å²) in [5.74, 6) is 0.531. The average Bonchev–Trinajstić information content (AvgIpc) is 2.90. The van der Waals surface area contributed by atoms with E-state index in [2.05, 4.69) is 52.0 Å². The third-order valence-corrected chi connectivity index (χ3v) is 4.38. The first kappa shape index (κ1) is 13.6. The van der Waals surface area contributed by atoms with Gasteiger partial charge in [0.2, 0.25) is 4.96 Å². The van der Waals surface area contributed by atoms with Crippen molar-refractivity contribution in [3.8, 4) is 10.6 Å². The maximum atomic E-state index is 13.3. The molecule has 20 heavy (non-hydrogen) atoms. The van der Waals surface area contributed by atoms with Crippen molar-refractivity contribution in [3.05, 3.63) is 34.3 Å². The van der Waals surface area contributed by atoms with Gasteiger partial charge in [-0.2, -0.15) is 9.61 Å². The van der Waals surface area contributed by atoms with Gasteiger partial charge >= 0.3 is 0 Å². The van der Waals surface area contributed by atoms with Crippen LogP contribution >= 0.6 is 27.3 Å². The minimum absolute atomic E-state index is 0.131. The molecular weight excluding hydrogens is 343 g/mol. The molecule has 3 rings (SSSR count). The summed E-state index contributed by atoms with van der Waals surface area (Å²) >= 11 is 4.63. The first-order valence-electron chi connectivity index (χ1n) is 6.04. The summed E-state index contributed by atoms with van der Waals surface area (Å²) in [5, 5.41) is 13.7. The average molecular weight is 355 g/mol. The molecule has 1 aromatic carbocycles. The van der Waals surface area contributed by atoms with Gasteiger partial charge in [0, 0.05) is 11.0 Å². The van der Waals surface area contributed by atoms with E-state index in [1.165, 1.54) is 17.4 Å². The lowest BCUT2D eigenvalue weighted by Gasteiger charge is -2.13. The van der Waals surface area contributed by atoms with E-state index in [0.29, 0.717) is 4.47 Å². The molecule has 0 bridgehead atoms. The van der Waals surface area contributed by atoms with Crippen molar-refractivity contribution in [3.63, 3.8) is 0 Å². The summed E-state index contributed by atoms with van der Waals surface area (Å²) in [6.45, 7) is 6.20. The first-order chi connectivity index (χ1) is 9.36. The largest absolute Gasteiger partial charge is 0.235 e. The zero-order valence-corrected chi connectivity index (χ0v) is 13.6. The smallest absolute Gasteiger partial charge is 0.206 e. The maximum absolute atomic E-state index is 13.3. The van der Waals surface area contributed by atoms with E-state index < -0.39 is 0 Å². The minimum atomic E-state index is -0.285. The van der Waals surface area contributed by atoms with E-state index in [1.807, 2.05) is 0 Å². The van der Waals surface area contributed by atoms with Crippen LogP contribution in [0.3, 0.4) is 0 Å². The Kier molecular flexibility index (Phi) is 3.13. The van der Waals surface area contributed by atoms with Crippen LogP contribution in [0.1, 0.15) is 26.6 Å². The Morgan fingerprint density at radius 3 is 2.65 bits per heavy atom. The van der Waals surface area contributed by atoms with Crippen LogP contribution < -0.4 is 0 Å². The molecule has 0 aliphatic carbocycles. The molecule has 0 saturated carbocycles. The number of rotatable bonds is 1. The van der Waals surface area contributed by atoms with Crippen LogP contribution in [0.4, 0.5) is 4.39 Å². The topological polar surface area (TPSA) is 43.1 Å². The maximum Gasteiger partial charge on any atom is 0.235 e. The van der Waals surface area contributed by atoms with Crippen molar-refractivity contribution in [2.75, 3.05) is 0 Å². The molecule has 0 aliphatic heterocycles. The molecule has 0 aliphatic rings. The van der Waals surface area contributed by atoms with E-state index >= 15 is 0 Å². The highest BCUT2D eigenvalue weighted by atomic mass is 79.9. The van der Waals surface area contributed by atoms with E-state index in [-0.39, 0.29) is 11.2 Å². The number of hydrogen-bond acceptors (Lipinski definition) is 4. The molecule has 0 spiro atoms. The van der Waals surface area contributed by atoms with Crippen molar-refractivity contribution >= 4 is 32.2 Å². The lowest BCUT2D eigenvalue weighted by Crippen LogP contribution is -2.16. The van der Waals surface area contributed by atoms with Gasteiger partial charge in [0.25, 0.3) is 0 Å². The Hall–Kier alpha value is -1.34. The normalized spacial score (nSPS) is 12.2. The highest BCUT2D eigenvalue weighted by molar-refractivity contribution is 9.10. The lowest BCUT2D eigenvalue weighted by molar-refractivity contribution is 0.528. The highest BCUT2D eigenvalue weighted by Crippen LogP contribution is 2.30. The minimum Gasteiger partial charge on any atom is -0.206 e. The molecule has 104 valence electrons. The molecule has 2 aromatic heterocycles. The van der Waals surface area contributed by atoms with Crippen LogP contribution in [-0.2, 0) is 5.41 Å². The van der Waals surface area contributed by atoms with Gasteiger partial charge in [-0.1, -0.05) is 32.1 Å². The second-order valence-electron chi connectivity index (χ2n) is 5.50. The summed E-state index contributed by atoms with van der Waals surface area (Å²) in [7, 11) is 0. The Morgan fingerprint density at radius 2 is 2.00 bits per heavy atom. The molecular formula is C13H12BrFN4S. The molecule has 4 nitrogen and oxygen atoms in total. The van der Waals surface area contributed by atoms with Gasteiger partial charge in [0.05, 0.1) is 4.47 Å². The summed E-state index contributed by atoms with van der Waals surface area (Å²) in [6, 6.07) is 4.85. The van der Waals surface area contributed by atoms with Gasteiger partial charge in [0.1, 0.15) is 10.8 Å². The molecule has 0 amide bonds. The van der Waals surface area contributed by atoms with Crippen molar-refractivity contribution in [1.82, 2.24) is 19.8 Å². The number of nitrogens with zero attached hydrogens (tertiary/aromatic N) is 4. The van der Waals surface area contributed by atoms with E-state index in [4.69, 9.17) is 0 Å². The van der Waals surface area contributed by atoms with E-state index in [1.54, 1.807) is 16.6 Å². The summed E-state index contributed by atoms with van der Waals surface area (Å²) < 4.78 is 15.5. The van der Waals surface area contributed by atoms with Gasteiger partial charge in [0.15, 0.2) is 5.82 Å². The second-order valence-corrected chi connectivity index (χ2v) is 7.31. The van der Waals surface area contributed by atoms with Crippen LogP contribution in [0.5, 0.6) is 0 Å². The lowest BCUT2D eigenvalue weighted by atomic mass is 9.96. The van der Waals surface area contributed by atoms with Crippen molar-refractivity contribution in [1.29, 1.82) is 0 Å². The Bertz CT molecular complexity index is 787. The third-order valence-electron chi connectivity index (χ3n) is 2.83. The van der Waals surface area contributed by atoms with Crippen molar-refractivity contribution < 1.29 is 4.39 Å². The van der Waals surface area contributed by atoms with Crippen LogP contribution in [0.15, 0.2) is 22.7 Å². The van der Waals surface area contributed by atoms with E-state index in [9.17, 15) is 4.39 Å². The van der Waals surface area contributed by atoms with Gasteiger partial charge in [-0.25, -0.2) is 4.39 Å². The molecule has 0 unspecified atom stereocenters. The molecule has 0 fully saturated rings. The molecule has 3 aromatic rings. The Labute approximate surface area is 127 Å². The molecule has 0 radical (unpaired) electrons. The predicted molar refractivity (Wildman–Crippen MR) is 80.5 cm³/mol. The van der Waals surface area contributed by atoms with Gasteiger partial charge in [-0.3, -0.25) is 0 Å². The van der Waals surface area contributed by atoms with Crippen LogP contribution in [-0.4, -0.2) is 19.8 Å². The fraction of sp³-hybridized carbons (Fsp3) is 0.308. The second kappa shape index (κ2) is 4.60. The standard InChI is InChI=1S/C13H12BrFN4S/c1-13(2,3)11-16-17-12-19(11)18-10(20-12)7-4-5-9(15)8(14)6-7/h4-6H,1-3H3. The summed E-state index contributed by atoms with van der Waals surface area (Å²) in [4.78, 5) is 0.741. The Morgan fingerprint density at radius 1 is 1.25 bits per heavy atom. The Balaban J connectivity index is 2.14. The molecule has 0 N–H and O–H groups in total. The van der Waals surface area contributed by atoms with Crippen LogP contribution in [0, 0.1) is 5.82 Å². The van der Waals surface area contributed by atoms with Crippen molar-refractivity contribution in [2.45, 2.75) is 26.2 Å². The molecule has 7 heteroatoms. The number of fused-ring (bicyclic) bond motifs is 1. The summed E-state index contributed by atoms with van der Waals surface area (Å²) in [5.41, 5.74) is 0.724. The third kappa shape index (κ3) is 2.25. The zero-order chi connectivity index (χ0) is 14.5. The van der Waals surface area contributed by atoms with Crippen molar-refractivity contribution in [2.24, 2.45) is 0 Å². The number of halogens is 2. The number of hydrogen-bond donors (Lipinski definition) is 0. The first-order valence-corrected chi connectivity index (χ1v) is 7.65. The van der Waals surface area contributed by atoms with Gasteiger partial charge in [-0.05, 0) is 34.1 Å². The number of benzene rings is 1. The molecule has 2 heterocycles. The molecule has 0 saturated heterocycles. The zero-order valence-electron chi connectivity index (χ0n) is 11.2. The van der Waals surface area contributed by atoms with Gasteiger partial charge in [-0.15, -0.1) is 10.2 Å².